The van der Waals surface area contributed by atoms with E-state index in [0.717, 1.165) is 42.7 Å². The summed E-state index contributed by atoms with van der Waals surface area (Å²) >= 11 is 3.70. The molecule has 0 radical (unpaired) electrons. The van der Waals surface area contributed by atoms with Crippen LogP contribution in [0, 0.1) is 29.5 Å². The number of halogens is 3. The van der Waals surface area contributed by atoms with Crippen molar-refractivity contribution < 1.29 is 61.2 Å². The van der Waals surface area contributed by atoms with Crippen molar-refractivity contribution in [2.75, 3.05) is 4.90 Å². The summed E-state index contributed by atoms with van der Waals surface area (Å²) in [6.07, 6.45) is 13.8. The van der Waals surface area contributed by atoms with Crippen molar-refractivity contribution in [2.45, 2.75) is 71.4 Å². The number of carbonyl (C=O) groups is 3. The molecule has 4 aromatic heterocycles. The second-order valence-electron chi connectivity index (χ2n) is 15.1. The van der Waals surface area contributed by atoms with Crippen LogP contribution >= 0.6 is 12.2 Å². The Morgan fingerprint density at radius 2 is 1.16 bits per heavy atom. The number of benzene rings is 2. The fourth-order valence-corrected chi connectivity index (χ4v) is 6.62. The van der Waals surface area contributed by atoms with Gasteiger partial charge in [0.2, 0.25) is 0 Å². The third-order valence-electron chi connectivity index (χ3n) is 10.0. The summed E-state index contributed by atoms with van der Waals surface area (Å²) in [6, 6.07) is 29.7. The van der Waals surface area contributed by atoms with E-state index in [-0.39, 0.29) is 43.9 Å². The van der Waals surface area contributed by atoms with Crippen molar-refractivity contribution in [2.24, 2.45) is 0 Å². The summed E-state index contributed by atoms with van der Waals surface area (Å²) in [5.41, 5.74) is 13.9. The molecule has 0 fully saturated rings. The summed E-state index contributed by atoms with van der Waals surface area (Å²) in [4.78, 5) is 50.7. The summed E-state index contributed by atoms with van der Waals surface area (Å²) < 4.78 is 51.9. The molecule has 0 aliphatic carbocycles. The van der Waals surface area contributed by atoms with Crippen molar-refractivity contribution in [3.8, 4) is 52.6 Å². The zero-order valence-corrected chi connectivity index (χ0v) is 42.0. The Balaban J connectivity index is 0.000000367. The molecule has 374 valence electrons. The van der Waals surface area contributed by atoms with Gasteiger partial charge in [0.1, 0.15) is 23.7 Å². The number of aromatic nitrogens is 4. The molecule has 4 heterocycles. The third kappa shape index (κ3) is 19.8. The van der Waals surface area contributed by atoms with E-state index in [1.807, 2.05) is 4.90 Å². The van der Waals surface area contributed by atoms with Gasteiger partial charge in [0.15, 0.2) is 0 Å². The van der Waals surface area contributed by atoms with Crippen LogP contribution < -0.4 is 9.64 Å². The normalized spacial score (nSPS) is 10.2. The van der Waals surface area contributed by atoms with Crippen molar-refractivity contribution in [3.05, 3.63) is 161 Å². The fourth-order valence-electron chi connectivity index (χ4n) is 6.62. The first kappa shape index (κ1) is 59.1. The van der Waals surface area contributed by atoms with Gasteiger partial charge < -0.3 is 30.3 Å². The Bertz CT molecular complexity index is 2810. The Morgan fingerprint density at radius 3 is 1.56 bits per heavy atom. The van der Waals surface area contributed by atoms with E-state index in [0.29, 0.717) is 46.5 Å². The minimum atomic E-state index is -4.80. The number of carbonyl (C=O) groups excluding carboxylic acids is 3. The number of isothiocyanates is 1. The molecule has 0 saturated carbocycles. The Hall–Kier alpha value is -8.21. The molecule has 73 heavy (non-hydrogen) atoms. The van der Waals surface area contributed by atoms with Crippen LogP contribution in [0.4, 0.5) is 30.2 Å². The molecule has 6 aromatic rings. The van der Waals surface area contributed by atoms with E-state index in [1.165, 1.54) is 72.6 Å². The first-order valence-corrected chi connectivity index (χ1v) is 22.6. The second-order valence-corrected chi connectivity index (χ2v) is 15.3. The smallest absolute Gasteiger partial charge is 0.753 e. The standard InChI is InChI=1S/C31H36F3N4.C22H11N3O6.CNS.Ru/c1-3-5-7-9-23-11-15-25(16-12-23)38(26-17-13-24(14-18-26)10-8-6-4-2)27-19-20-29(37-22-27)28(35)21-30(36)31(32,33)34;26-13-29-7-3-16-1-5-23-19(9-16)21-11-18(31-15-28)12-22(25-21)20-10-17(2-6-24-20)4-8-30-14-27;2-1-3;/h11-22,35-36H,3-10H2,1-2H3;1-2,5-6,9-15H;;/q-1;;-1;+2/b28-21-,36-30?;;;. The van der Waals surface area contributed by atoms with Gasteiger partial charge in [-0.05, 0) is 115 Å². The van der Waals surface area contributed by atoms with Gasteiger partial charge in [-0.25, -0.2) is 4.98 Å². The van der Waals surface area contributed by atoms with Gasteiger partial charge in [-0.3, -0.25) is 34.7 Å². The van der Waals surface area contributed by atoms with Crippen LogP contribution in [0.1, 0.15) is 80.3 Å². The van der Waals surface area contributed by atoms with E-state index in [9.17, 15) is 27.6 Å². The van der Waals surface area contributed by atoms with E-state index in [2.05, 4.69) is 128 Å². The van der Waals surface area contributed by atoms with E-state index < -0.39 is 17.6 Å². The minimum Gasteiger partial charge on any atom is -0.753 e. The summed E-state index contributed by atoms with van der Waals surface area (Å²) in [5.74, 6) is 5.52. The number of rotatable bonds is 19. The van der Waals surface area contributed by atoms with Crippen LogP contribution in [0.15, 0.2) is 122 Å². The number of unbranched alkanes of at least 4 members (excludes halogenated alkanes) is 4. The van der Waals surface area contributed by atoms with Crippen LogP contribution in [0.2, 0.25) is 0 Å². The van der Waals surface area contributed by atoms with Crippen molar-refractivity contribution in [3.63, 3.8) is 0 Å². The zero-order chi connectivity index (χ0) is 52.1. The molecule has 0 spiro atoms. The first-order valence-electron chi connectivity index (χ1n) is 22.2. The van der Waals surface area contributed by atoms with Crippen LogP contribution in [0.5, 0.6) is 5.75 Å². The maximum Gasteiger partial charge on any atom is 2.00 e. The number of pyridine rings is 4. The maximum atomic E-state index is 12.7. The number of aryl methyl sites for hydroxylation is 2. The van der Waals surface area contributed by atoms with E-state index in [1.54, 1.807) is 36.5 Å². The predicted molar refractivity (Wildman–Crippen MR) is 273 cm³/mol. The molecule has 0 saturated heterocycles. The molecule has 2 aromatic carbocycles. The Morgan fingerprint density at radius 1 is 0.699 bits per heavy atom. The summed E-state index contributed by atoms with van der Waals surface area (Å²) in [7, 11) is 0. The van der Waals surface area contributed by atoms with Gasteiger partial charge >= 0.3 is 38.6 Å². The number of ether oxygens (including phenoxy) is 3. The molecule has 2 N–H and O–H groups in total. The van der Waals surface area contributed by atoms with Gasteiger partial charge in [0, 0.05) is 52.7 Å². The van der Waals surface area contributed by atoms with Crippen LogP contribution in [0.3, 0.4) is 0 Å². The molecule has 0 amide bonds. The molecule has 6 rings (SSSR count). The SMILES string of the molecule is CCCCCc1ccc(N(c2ccc(CCCCC)cc2)c2ccc(/C([NH-])=C/C(=N)C(F)(F)F)nc2)cc1.O=COC#Cc1ccnc(-c2cc(OC=O)cc(-c3cc(C#COC=O)ccn3)n2)c1.[N-]=C=S.[Ru+2]. The van der Waals surface area contributed by atoms with Gasteiger partial charge in [0.25, 0.3) is 6.47 Å². The van der Waals surface area contributed by atoms with Gasteiger partial charge in [0.05, 0.1) is 34.7 Å². The van der Waals surface area contributed by atoms with Crippen LogP contribution in [0.25, 0.3) is 39.6 Å². The molecular weight excluding hydrogens is 1050 g/mol. The number of nitrogens with zero attached hydrogens (tertiary/aromatic N) is 6. The number of alkyl halides is 3. The monoisotopic (exact) mass is 1090 g/mol. The molecule has 0 aliphatic heterocycles. The number of anilines is 3. The summed E-state index contributed by atoms with van der Waals surface area (Å²) in [5, 5.41) is 15.6. The Labute approximate surface area is 439 Å². The van der Waals surface area contributed by atoms with Crippen molar-refractivity contribution in [1.82, 2.24) is 19.9 Å². The number of hydrogen-bond acceptors (Lipinski definition) is 13. The maximum absolute atomic E-state index is 12.7. The largest absolute Gasteiger partial charge is 2.00 e. The van der Waals surface area contributed by atoms with Crippen molar-refractivity contribution >= 4 is 65.3 Å². The number of allylic oxidation sites excluding steroid dienone is 1. The second kappa shape index (κ2) is 31.9. The summed E-state index contributed by atoms with van der Waals surface area (Å²) in [6.45, 7) is 5.12. The average Bonchev–Trinajstić information content (AvgIpc) is 3.38. The fraction of sp³-hybridized carbons (Fsp3) is 0.204. The predicted octanol–water partition coefficient (Wildman–Crippen LogP) is 12.4. The Kier molecular flexibility index (Phi) is 25.8. The molecule has 0 aliphatic rings. The molecule has 14 nitrogen and oxygen atoms in total. The molecule has 19 heteroatoms. The zero-order valence-electron chi connectivity index (χ0n) is 39.5. The third-order valence-corrected chi connectivity index (χ3v) is 10.0. The van der Waals surface area contributed by atoms with Crippen LogP contribution in [-0.2, 0) is 56.2 Å². The van der Waals surface area contributed by atoms with E-state index >= 15 is 0 Å². The van der Waals surface area contributed by atoms with Gasteiger partial charge in [-0.2, -0.15) is 18.3 Å². The molecular formula is C54H47F3N8O6RuS. The van der Waals surface area contributed by atoms with Crippen LogP contribution in [-0.4, -0.2) is 56.4 Å². The van der Waals surface area contributed by atoms with Crippen molar-refractivity contribution in [1.29, 1.82) is 5.41 Å². The number of nitrogens with one attached hydrogen (secondary N) is 2. The first-order chi connectivity index (χ1) is 34.9. The number of hydrogen-bond donors (Lipinski definition) is 1. The topological polar surface area (TPSA) is 204 Å². The van der Waals surface area contributed by atoms with E-state index in [4.69, 9.17) is 21.3 Å². The molecule has 0 bridgehead atoms. The quantitative estimate of drug-likeness (QED) is 0.0201. The average molecular weight is 1090 g/mol. The van der Waals surface area contributed by atoms with Gasteiger partial charge in [-0.1, -0.05) is 76.0 Å². The molecule has 0 unspecified atom stereocenters. The molecule has 0 atom stereocenters. The van der Waals surface area contributed by atoms with Gasteiger partial charge in [-0.15, -0.1) is 5.70 Å². The number of thiocarbonyl (C=S) groups is 1. The minimum absolute atomic E-state index is 0.